The van der Waals surface area contributed by atoms with Crippen molar-refractivity contribution in [2.24, 2.45) is 0 Å². The van der Waals surface area contributed by atoms with Crippen molar-refractivity contribution in [3.8, 4) is 5.75 Å². The molecule has 7 nitrogen and oxygen atoms in total. The zero-order chi connectivity index (χ0) is 20.3. The van der Waals surface area contributed by atoms with E-state index in [0.717, 1.165) is 4.57 Å². The van der Waals surface area contributed by atoms with Crippen LogP contribution in [0.2, 0.25) is 5.02 Å². The molecule has 0 aliphatic heterocycles. The van der Waals surface area contributed by atoms with Crippen molar-refractivity contribution in [2.75, 3.05) is 13.7 Å². The van der Waals surface area contributed by atoms with Gasteiger partial charge >= 0.3 is 11.7 Å². The Morgan fingerprint density at radius 2 is 1.86 bits per heavy atom. The number of para-hydroxylation sites is 1. The maximum Gasteiger partial charge on any atom is 0.332 e. The quantitative estimate of drug-likeness (QED) is 0.592. The second-order valence-electron chi connectivity index (χ2n) is 6.05. The molecule has 0 fully saturated rings. The fourth-order valence-corrected chi connectivity index (χ4v) is 3.27. The number of aromatic nitrogens is 2. The molecule has 3 rings (SSSR count). The van der Waals surface area contributed by atoms with Crippen LogP contribution in [0.25, 0.3) is 10.9 Å². The fraction of sp³-hybridized carbons (Fsp3) is 0.250. The minimum Gasteiger partial charge on any atom is -0.495 e. The van der Waals surface area contributed by atoms with Gasteiger partial charge in [-0.3, -0.25) is 18.7 Å². The van der Waals surface area contributed by atoms with E-state index in [1.807, 2.05) is 0 Å². The standard InChI is InChI=1S/C20H19ClN2O5/c1-3-28-18(24)12-22-16-7-5-4-6-14(16)19(25)23(20(22)26)11-13-8-9-17(27-2)15(21)10-13/h4-10H,3,11-12H2,1-2H3. The lowest BCUT2D eigenvalue weighted by Crippen LogP contribution is -2.41. The van der Waals surface area contributed by atoms with Crippen LogP contribution in [-0.4, -0.2) is 28.8 Å². The highest BCUT2D eigenvalue weighted by Gasteiger charge is 2.16. The first-order valence-electron chi connectivity index (χ1n) is 8.66. The molecule has 0 aliphatic rings. The van der Waals surface area contributed by atoms with E-state index < -0.39 is 17.2 Å². The summed E-state index contributed by atoms with van der Waals surface area (Å²) in [6, 6.07) is 11.7. The lowest BCUT2D eigenvalue weighted by atomic mass is 10.2. The first-order valence-corrected chi connectivity index (χ1v) is 9.04. The Labute approximate surface area is 165 Å². The normalized spacial score (nSPS) is 10.8. The Morgan fingerprint density at radius 1 is 1.11 bits per heavy atom. The lowest BCUT2D eigenvalue weighted by Gasteiger charge is -2.14. The van der Waals surface area contributed by atoms with E-state index in [4.69, 9.17) is 21.1 Å². The second kappa shape index (κ2) is 8.31. The third-order valence-corrected chi connectivity index (χ3v) is 4.58. The van der Waals surface area contributed by atoms with Gasteiger partial charge in [0.25, 0.3) is 5.56 Å². The first kappa shape index (κ1) is 19.7. The molecular weight excluding hydrogens is 384 g/mol. The van der Waals surface area contributed by atoms with E-state index in [0.29, 0.717) is 27.2 Å². The number of halogens is 1. The fourth-order valence-electron chi connectivity index (χ4n) is 2.99. The maximum atomic E-state index is 13.0. The molecule has 0 bridgehead atoms. The summed E-state index contributed by atoms with van der Waals surface area (Å²) in [5.41, 5.74) is 0.00822. The summed E-state index contributed by atoms with van der Waals surface area (Å²) in [6.45, 7) is 1.62. The number of carbonyl (C=O) groups is 1. The highest BCUT2D eigenvalue weighted by atomic mass is 35.5. The number of esters is 1. The van der Waals surface area contributed by atoms with E-state index >= 15 is 0 Å². The summed E-state index contributed by atoms with van der Waals surface area (Å²) in [5.74, 6) is -0.0524. The molecule has 0 N–H and O–H groups in total. The van der Waals surface area contributed by atoms with Gasteiger partial charge < -0.3 is 9.47 Å². The van der Waals surface area contributed by atoms with Crippen LogP contribution in [0.1, 0.15) is 12.5 Å². The van der Waals surface area contributed by atoms with Crippen molar-refractivity contribution in [1.82, 2.24) is 9.13 Å². The van der Waals surface area contributed by atoms with Crippen LogP contribution < -0.4 is 16.0 Å². The molecule has 0 amide bonds. The molecule has 0 saturated heterocycles. The zero-order valence-corrected chi connectivity index (χ0v) is 16.2. The topological polar surface area (TPSA) is 79.5 Å². The summed E-state index contributed by atoms with van der Waals surface area (Å²) in [7, 11) is 1.50. The minimum atomic E-state index is -0.594. The highest BCUT2D eigenvalue weighted by molar-refractivity contribution is 6.32. The van der Waals surface area contributed by atoms with E-state index in [2.05, 4.69) is 0 Å². The summed E-state index contributed by atoms with van der Waals surface area (Å²) in [6.07, 6.45) is 0. The van der Waals surface area contributed by atoms with Gasteiger partial charge in [0.15, 0.2) is 0 Å². The van der Waals surface area contributed by atoms with E-state index in [9.17, 15) is 14.4 Å². The average Bonchev–Trinajstić information content (AvgIpc) is 2.69. The molecule has 0 spiro atoms. The molecule has 0 saturated carbocycles. The number of methoxy groups -OCH3 is 1. The van der Waals surface area contributed by atoms with Gasteiger partial charge in [0.2, 0.25) is 0 Å². The van der Waals surface area contributed by atoms with Gasteiger partial charge in [0.05, 0.1) is 36.2 Å². The molecular formula is C20H19ClN2O5. The van der Waals surface area contributed by atoms with Crippen molar-refractivity contribution >= 4 is 28.5 Å². The Bertz CT molecular complexity index is 1150. The average molecular weight is 403 g/mol. The predicted octanol–water partition coefficient (Wildman–Crippen LogP) is 2.44. The maximum absolute atomic E-state index is 13.0. The van der Waals surface area contributed by atoms with Gasteiger partial charge in [0, 0.05) is 0 Å². The lowest BCUT2D eigenvalue weighted by molar-refractivity contribution is -0.143. The Hall–Kier alpha value is -3.06. The molecule has 146 valence electrons. The molecule has 1 aromatic heterocycles. The number of hydrogen-bond acceptors (Lipinski definition) is 5. The summed E-state index contributed by atoms with van der Waals surface area (Å²) < 4.78 is 12.4. The smallest absolute Gasteiger partial charge is 0.332 e. The van der Waals surface area contributed by atoms with Crippen molar-refractivity contribution in [1.29, 1.82) is 0 Å². The van der Waals surface area contributed by atoms with Crippen LogP contribution in [-0.2, 0) is 22.6 Å². The van der Waals surface area contributed by atoms with Crippen LogP contribution in [0.15, 0.2) is 52.1 Å². The minimum absolute atomic E-state index is 0.00897. The third-order valence-electron chi connectivity index (χ3n) is 4.28. The summed E-state index contributed by atoms with van der Waals surface area (Å²) in [4.78, 5) is 37.9. The molecule has 0 unspecified atom stereocenters. The molecule has 0 radical (unpaired) electrons. The number of rotatable bonds is 6. The summed E-state index contributed by atoms with van der Waals surface area (Å²) >= 11 is 6.15. The van der Waals surface area contributed by atoms with Gasteiger partial charge in [-0.15, -0.1) is 0 Å². The second-order valence-corrected chi connectivity index (χ2v) is 6.46. The molecule has 3 aromatic rings. The van der Waals surface area contributed by atoms with Crippen molar-refractivity contribution in [3.63, 3.8) is 0 Å². The number of ether oxygens (including phenoxy) is 2. The van der Waals surface area contributed by atoms with Crippen molar-refractivity contribution in [3.05, 3.63) is 73.9 Å². The summed E-state index contributed by atoms with van der Waals surface area (Å²) in [5, 5.41) is 0.715. The van der Waals surface area contributed by atoms with E-state index in [1.54, 1.807) is 49.4 Å². The predicted molar refractivity (Wildman–Crippen MR) is 106 cm³/mol. The Morgan fingerprint density at radius 3 is 2.54 bits per heavy atom. The number of carbonyl (C=O) groups excluding carboxylic acids is 1. The number of benzene rings is 2. The van der Waals surface area contributed by atoms with E-state index in [1.165, 1.54) is 11.7 Å². The van der Waals surface area contributed by atoms with Gasteiger partial charge in [0.1, 0.15) is 12.3 Å². The van der Waals surface area contributed by atoms with Gasteiger partial charge in [-0.2, -0.15) is 0 Å². The van der Waals surface area contributed by atoms with Crippen LogP contribution in [0.3, 0.4) is 0 Å². The zero-order valence-electron chi connectivity index (χ0n) is 15.5. The van der Waals surface area contributed by atoms with Crippen LogP contribution in [0.5, 0.6) is 5.75 Å². The number of hydrogen-bond donors (Lipinski definition) is 0. The van der Waals surface area contributed by atoms with Gasteiger partial charge in [-0.1, -0.05) is 29.8 Å². The van der Waals surface area contributed by atoms with Crippen LogP contribution >= 0.6 is 11.6 Å². The molecule has 0 aliphatic carbocycles. The van der Waals surface area contributed by atoms with Crippen molar-refractivity contribution < 1.29 is 14.3 Å². The number of fused-ring (bicyclic) bond motifs is 1. The third kappa shape index (κ3) is 3.80. The SMILES string of the molecule is CCOC(=O)Cn1c(=O)n(Cc2ccc(OC)c(Cl)c2)c(=O)c2ccccc21. The molecule has 8 heteroatoms. The molecule has 1 heterocycles. The molecule has 2 aromatic carbocycles. The van der Waals surface area contributed by atoms with Crippen molar-refractivity contribution in [2.45, 2.75) is 20.0 Å². The van der Waals surface area contributed by atoms with E-state index in [-0.39, 0.29) is 19.7 Å². The first-order chi connectivity index (χ1) is 13.5. The Kier molecular flexibility index (Phi) is 5.84. The van der Waals surface area contributed by atoms with Gasteiger partial charge in [-0.25, -0.2) is 4.79 Å². The number of nitrogens with zero attached hydrogens (tertiary/aromatic N) is 2. The molecule has 28 heavy (non-hydrogen) atoms. The highest BCUT2D eigenvalue weighted by Crippen LogP contribution is 2.25. The molecule has 0 atom stereocenters. The monoisotopic (exact) mass is 402 g/mol. The Balaban J connectivity index is 2.14. The van der Waals surface area contributed by atoms with Crippen LogP contribution in [0, 0.1) is 0 Å². The van der Waals surface area contributed by atoms with Crippen LogP contribution in [0.4, 0.5) is 0 Å². The van der Waals surface area contributed by atoms with Gasteiger partial charge in [-0.05, 0) is 36.8 Å². The largest absolute Gasteiger partial charge is 0.495 e.